The second-order valence-corrected chi connectivity index (χ2v) is 3.78. The van der Waals surface area contributed by atoms with E-state index in [0.29, 0.717) is 23.0 Å². The van der Waals surface area contributed by atoms with E-state index < -0.39 is 5.97 Å². The van der Waals surface area contributed by atoms with Gasteiger partial charge in [0.2, 0.25) is 0 Å². The van der Waals surface area contributed by atoms with Crippen LogP contribution in [-0.2, 0) is 0 Å². The predicted molar refractivity (Wildman–Crippen MR) is 65.9 cm³/mol. The van der Waals surface area contributed by atoms with Crippen molar-refractivity contribution in [2.75, 3.05) is 0 Å². The highest BCUT2D eigenvalue weighted by Crippen LogP contribution is 2.29. The molecule has 2 aromatic carbocycles. The van der Waals surface area contributed by atoms with Crippen molar-refractivity contribution >= 4 is 12.3 Å². The topological polar surface area (TPSA) is 74.6 Å². The molecule has 0 heterocycles. The van der Waals surface area contributed by atoms with Crippen molar-refractivity contribution in [2.24, 2.45) is 0 Å². The lowest BCUT2D eigenvalue weighted by atomic mass is 10.0. The molecule has 0 bridgehead atoms. The summed E-state index contributed by atoms with van der Waals surface area (Å²) in [5.74, 6) is -0.962. The zero-order valence-corrected chi connectivity index (χ0v) is 9.33. The highest BCUT2D eigenvalue weighted by molar-refractivity contribution is 5.89. The number of carbonyl (C=O) groups is 2. The first kappa shape index (κ1) is 11.9. The van der Waals surface area contributed by atoms with Crippen LogP contribution in [0.15, 0.2) is 42.5 Å². The molecule has 0 fully saturated rings. The van der Waals surface area contributed by atoms with Gasteiger partial charge in [-0.25, -0.2) is 4.79 Å². The van der Waals surface area contributed by atoms with Crippen molar-refractivity contribution in [3.05, 3.63) is 53.6 Å². The molecule has 4 heteroatoms. The van der Waals surface area contributed by atoms with Crippen molar-refractivity contribution in [3.8, 4) is 16.9 Å². The maximum absolute atomic E-state index is 10.7. The molecule has 0 saturated heterocycles. The SMILES string of the molecule is O=Cc1ccc(O)c(-c2ccc(C(=O)O)cc2)c1. The number of phenolic OH excluding ortho intramolecular Hbond substituents is 1. The lowest BCUT2D eigenvalue weighted by Crippen LogP contribution is -1.95. The first-order chi connectivity index (χ1) is 8.61. The summed E-state index contributed by atoms with van der Waals surface area (Å²) in [7, 11) is 0. The summed E-state index contributed by atoms with van der Waals surface area (Å²) in [6.45, 7) is 0. The van der Waals surface area contributed by atoms with E-state index in [1.165, 1.54) is 24.3 Å². The average Bonchev–Trinajstić information content (AvgIpc) is 2.39. The number of hydrogen-bond acceptors (Lipinski definition) is 3. The van der Waals surface area contributed by atoms with Crippen LogP contribution in [0.4, 0.5) is 0 Å². The third-order valence-corrected chi connectivity index (χ3v) is 2.60. The Kier molecular flexibility index (Phi) is 3.10. The number of benzene rings is 2. The van der Waals surface area contributed by atoms with Gasteiger partial charge in [-0.3, -0.25) is 4.79 Å². The largest absolute Gasteiger partial charge is 0.507 e. The number of carboxylic acids is 1. The maximum Gasteiger partial charge on any atom is 0.335 e. The molecule has 0 spiro atoms. The molecule has 0 amide bonds. The van der Waals surface area contributed by atoms with Gasteiger partial charge in [-0.2, -0.15) is 0 Å². The molecular weight excluding hydrogens is 232 g/mol. The van der Waals surface area contributed by atoms with E-state index in [0.717, 1.165) is 0 Å². The quantitative estimate of drug-likeness (QED) is 0.811. The first-order valence-electron chi connectivity index (χ1n) is 5.24. The van der Waals surface area contributed by atoms with Gasteiger partial charge in [-0.05, 0) is 35.9 Å². The Morgan fingerprint density at radius 2 is 1.72 bits per heavy atom. The van der Waals surface area contributed by atoms with Gasteiger partial charge in [0, 0.05) is 11.1 Å². The van der Waals surface area contributed by atoms with Crippen LogP contribution >= 0.6 is 0 Å². The third-order valence-electron chi connectivity index (χ3n) is 2.60. The second-order valence-electron chi connectivity index (χ2n) is 3.78. The predicted octanol–water partition coefficient (Wildman–Crippen LogP) is 2.57. The summed E-state index contributed by atoms with van der Waals surface area (Å²) in [6, 6.07) is 10.6. The molecule has 90 valence electrons. The number of aromatic hydroxyl groups is 1. The minimum Gasteiger partial charge on any atom is -0.507 e. The maximum atomic E-state index is 10.7. The Labute approximate surface area is 103 Å². The van der Waals surface area contributed by atoms with E-state index in [2.05, 4.69) is 0 Å². The number of aldehydes is 1. The zero-order valence-electron chi connectivity index (χ0n) is 9.33. The van der Waals surface area contributed by atoms with Gasteiger partial charge in [0.1, 0.15) is 12.0 Å². The number of phenols is 1. The monoisotopic (exact) mass is 242 g/mol. The van der Waals surface area contributed by atoms with Crippen molar-refractivity contribution in [2.45, 2.75) is 0 Å². The van der Waals surface area contributed by atoms with Crippen LogP contribution in [0, 0.1) is 0 Å². The van der Waals surface area contributed by atoms with E-state index in [-0.39, 0.29) is 11.3 Å². The highest BCUT2D eigenvalue weighted by atomic mass is 16.4. The van der Waals surface area contributed by atoms with Gasteiger partial charge in [0.15, 0.2) is 0 Å². The second kappa shape index (κ2) is 4.71. The van der Waals surface area contributed by atoms with Gasteiger partial charge in [0.05, 0.1) is 5.56 Å². The molecule has 0 atom stereocenters. The first-order valence-corrected chi connectivity index (χ1v) is 5.24. The summed E-state index contributed by atoms with van der Waals surface area (Å²) in [4.78, 5) is 21.4. The van der Waals surface area contributed by atoms with E-state index in [1.807, 2.05) is 0 Å². The minimum atomic E-state index is -1.01. The Morgan fingerprint density at radius 3 is 2.28 bits per heavy atom. The molecule has 0 aliphatic heterocycles. The molecule has 0 aromatic heterocycles. The van der Waals surface area contributed by atoms with Crippen LogP contribution in [0.3, 0.4) is 0 Å². The van der Waals surface area contributed by atoms with Crippen molar-refractivity contribution < 1.29 is 19.8 Å². The number of aromatic carboxylic acids is 1. The Morgan fingerprint density at radius 1 is 1.06 bits per heavy atom. The van der Waals surface area contributed by atoms with Crippen molar-refractivity contribution in [3.63, 3.8) is 0 Å². The Bertz CT molecular complexity index is 600. The minimum absolute atomic E-state index is 0.0451. The molecule has 0 aliphatic rings. The van der Waals surface area contributed by atoms with Crippen LogP contribution in [-0.4, -0.2) is 22.5 Å². The fourth-order valence-corrected chi connectivity index (χ4v) is 1.65. The molecule has 2 N–H and O–H groups in total. The van der Waals surface area contributed by atoms with Gasteiger partial charge in [0.25, 0.3) is 0 Å². The lowest BCUT2D eigenvalue weighted by molar-refractivity contribution is 0.0696. The summed E-state index contributed by atoms with van der Waals surface area (Å²) >= 11 is 0. The molecule has 0 radical (unpaired) electrons. The van der Waals surface area contributed by atoms with E-state index >= 15 is 0 Å². The summed E-state index contributed by atoms with van der Waals surface area (Å²) in [6.07, 6.45) is 0.689. The van der Waals surface area contributed by atoms with Crippen molar-refractivity contribution in [1.82, 2.24) is 0 Å². The smallest absolute Gasteiger partial charge is 0.335 e. The average molecular weight is 242 g/mol. The van der Waals surface area contributed by atoms with Crippen LogP contribution in [0.25, 0.3) is 11.1 Å². The summed E-state index contributed by atoms with van der Waals surface area (Å²) < 4.78 is 0. The van der Waals surface area contributed by atoms with Crippen LogP contribution in [0.2, 0.25) is 0 Å². The number of carbonyl (C=O) groups excluding carboxylic acids is 1. The van der Waals surface area contributed by atoms with E-state index in [9.17, 15) is 14.7 Å². The molecule has 18 heavy (non-hydrogen) atoms. The Hall–Kier alpha value is -2.62. The molecule has 0 unspecified atom stereocenters. The van der Waals surface area contributed by atoms with Gasteiger partial charge < -0.3 is 10.2 Å². The summed E-state index contributed by atoms with van der Waals surface area (Å²) in [5, 5.41) is 18.5. The standard InChI is InChI=1S/C14H10O4/c15-8-9-1-6-13(16)12(7-9)10-2-4-11(5-3-10)14(17)18/h1-8,16H,(H,17,18). The molecule has 0 saturated carbocycles. The van der Waals surface area contributed by atoms with Gasteiger partial charge in [-0.15, -0.1) is 0 Å². The Balaban J connectivity index is 2.48. The fraction of sp³-hybridized carbons (Fsp3) is 0. The van der Waals surface area contributed by atoms with E-state index in [1.54, 1.807) is 18.2 Å². The third kappa shape index (κ3) is 2.22. The van der Waals surface area contributed by atoms with Gasteiger partial charge >= 0.3 is 5.97 Å². The van der Waals surface area contributed by atoms with Crippen LogP contribution < -0.4 is 0 Å². The molecule has 2 aromatic rings. The molecular formula is C14H10O4. The molecule has 2 rings (SSSR count). The number of rotatable bonds is 3. The van der Waals surface area contributed by atoms with Crippen LogP contribution in [0.5, 0.6) is 5.75 Å². The van der Waals surface area contributed by atoms with Crippen LogP contribution in [0.1, 0.15) is 20.7 Å². The molecule has 4 nitrogen and oxygen atoms in total. The number of carboxylic acid groups (broad SMARTS) is 1. The summed E-state index contributed by atoms with van der Waals surface area (Å²) in [5.41, 5.74) is 1.77. The number of hydrogen-bond donors (Lipinski definition) is 2. The normalized spacial score (nSPS) is 10.0. The lowest BCUT2D eigenvalue weighted by Gasteiger charge is -2.06. The van der Waals surface area contributed by atoms with E-state index in [4.69, 9.17) is 5.11 Å². The highest BCUT2D eigenvalue weighted by Gasteiger charge is 2.07. The van der Waals surface area contributed by atoms with Crippen molar-refractivity contribution in [1.29, 1.82) is 0 Å². The zero-order chi connectivity index (χ0) is 13.1. The molecule has 0 aliphatic carbocycles. The fourth-order valence-electron chi connectivity index (χ4n) is 1.65. The van der Waals surface area contributed by atoms with Gasteiger partial charge in [-0.1, -0.05) is 12.1 Å².